The predicted octanol–water partition coefficient (Wildman–Crippen LogP) is 2.38. The first-order valence-corrected chi connectivity index (χ1v) is 7.71. The number of aromatic nitrogens is 4. The lowest BCUT2D eigenvalue weighted by Crippen LogP contribution is -2.18. The normalized spacial score (nSPS) is 14.2. The molecule has 0 spiro atoms. The molecule has 3 aromatic rings. The fourth-order valence-electron chi connectivity index (χ4n) is 2.93. The third-order valence-corrected chi connectivity index (χ3v) is 4.27. The van der Waals surface area contributed by atoms with Crippen LogP contribution in [0.3, 0.4) is 0 Å². The number of nitrogens with zero attached hydrogens (tertiary/aromatic N) is 4. The zero-order valence-corrected chi connectivity index (χ0v) is 13.1. The topological polar surface area (TPSA) is 72.2 Å². The lowest BCUT2D eigenvalue weighted by Gasteiger charge is -2.13. The van der Waals surface area contributed by atoms with Crippen molar-refractivity contribution in [1.82, 2.24) is 19.4 Å². The van der Waals surface area contributed by atoms with Crippen LogP contribution in [0.4, 0.5) is 5.95 Å². The molecule has 0 saturated heterocycles. The highest BCUT2D eigenvalue weighted by Gasteiger charge is 2.25. The van der Waals surface area contributed by atoms with Gasteiger partial charge in [-0.2, -0.15) is 4.98 Å². The van der Waals surface area contributed by atoms with E-state index in [-0.39, 0.29) is 5.56 Å². The molecule has 0 atom stereocenters. The highest BCUT2D eigenvalue weighted by Crippen LogP contribution is 2.40. The molecule has 1 aliphatic rings. The van der Waals surface area contributed by atoms with Gasteiger partial charge >= 0.3 is 0 Å². The third-order valence-electron chi connectivity index (χ3n) is 4.27. The highest BCUT2D eigenvalue weighted by atomic mass is 16.1. The Balaban J connectivity index is 2.09. The standard InChI is InChI=1S/C17H17N5O/c1-10-15(20-7-6-19-10)14-13-9-12(11-3-4-11)5-8-22(13)17(18-2)21-16(14)23/h5-9,11H,3-4H2,1-2H3,(H,18,21,23). The third kappa shape index (κ3) is 2.27. The van der Waals surface area contributed by atoms with Crippen molar-refractivity contribution in [2.75, 3.05) is 12.4 Å². The Labute approximate surface area is 133 Å². The lowest BCUT2D eigenvalue weighted by atomic mass is 10.1. The van der Waals surface area contributed by atoms with Crippen molar-refractivity contribution in [3.8, 4) is 11.3 Å². The van der Waals surface area contributed by atoms with E-state index in [1.807, 2.05) is 17.5 Å². The van der Waals surface area contributed by atoms with E-state index in [0.717, 1.165) is 11.2 Å². The molecule has 6 nitrogen and oxygen atoms in total. The molecule has 6 heteroatoms. The monoisotopic (exact) mass is 307 g/mol. The van der Waals surface area contributed by atoms with E-state index < -0.39 is 0 Å². The van der Waals surface area contributed by atoms with Crippen LogP contribution in [0.5, 0.6) is 0 Å². The first kappa shape index (κ1) is 13.9. The minimum Gasteiger partial charge on any atom is -0.358 e. The smallest absolute Gasteiger partial charge is 0.284 e. The first-order valence-electron chi connectivity index (χ1n) is 7.71. The fraction of sp³-hybridized carbons (Fsp3) is 0.294. The number of pyridine rings is 1. The maximum Gasteiger partial charge on any atom is 0.284 e. The molecule has 3 aromatic heterocycles. The summed E-state index contributed by atoms with van der Waals surface area (Å²) in [6, 6.07) is 4.19. The Bertz CT molecular complexity index is 959. The SMILES string of the molecule is CNc1nc(=O)c(-c2nccnc2C)c2cc(C3CC3)ccn12. The van der Waals surface area contributed by atoms with Crippen molar-refractivity contribution in [3.63, 3.8) is 0 Å². The average molecular weight is 307 g/mol. The van der Waals surface area contributed by atoms with E-state index in [4.69, 9.17) is 0 Å². The first-order chi connectivity index (χ1) is 11.2. The van der Waals surface area contributed by atoms with Gasteiger partial charge in [-0.05, 0) is 43.4 Å². The van der Waals surface area contributed by atoms with E-state index >= 15 is 0 Å². The molecule has 0 radical (unpaired) electrons. The number of nitrogens with one attached hydrogen (secondary N) is 1. The number of hydrogen-bond donors (Lipinski definition) is 1. The van der Waals surface area contributed by atoms with Crippen molar-refractivity contribution >= 4 is 11.5 Å². The van der Waals surface area contributed by atoms with E-state index in [1.54, 1.807) is 19.4 Å². The Morgan fingerprint density at radius 1 is 1.26 bits per heavy atom. The van der Waals surface area contributed by atoms with Gasteiger partial charge in [-0.1, -0.05) is 0 Å². The molecular weight excluding hydrogens is 290 g/mol. The maximum absolute atomic E-state index is 12.6. The second-order valence-corrected chi connectivity index (χ2v) is 5.85. The summed E-state index contributed by atoms with van der Waals surface area (Å²) in [4.78, 5) is 25.4. The summed E-state index contributed by atoms with van der Waals surface area (Å²) in [6.07, 6.45) is 7.63. The number of hydrogen-bond acceptors (Lipinski definition) is 5. The molecule has 1 aliphatic carbocycles. The molecule has 1 fully saturated rings. The van der Waals surface area contributed by atoms with Gasteiger partial charge in [0.15, 0.2) is 0 Å². The van der Waals surface area contributed by atoms with Gasteiger partial charge in [-0.25, -0.2) is 0 Å². The van der Waals surface area contributed by atoms with Crippen LogP contribution in [0.2, 0.25) is 0 Å². The molecule has 0 unspecified atom stereocenters. The molecule has 1 saturated carbocycles. The largest absolute Gasteiger partial charge is 0.358 e. The molecule has 4 rings (SSSR count). The molecule has 23 heavy (non-hydrogen) atoms. The number of aryl methyl sites for hydroxylation is 1. The van der Waals surface area contributed by atoms with Crippen LogP contribution in [-0.4, -0.2) is 26.4 Å². The fourth-order valence-corrected chi connectivity index (χ4v) is 2.93. The zero-order valence-electron chi connectivity index (χ0n) is 13.1. The molecule has 0 aliphatic heterocycles. The van der Waals surface area contributed by atoms with Gasteiger partial charge in [0.2, 0.25) is 5.95 Å². The molecule has 0 bridgehead atoms. The van der Waals surface area contributed by atoms with Crippen molar-refractivity contribution in [1.29, 1.82) is 0 Å². The highest BCUT2D eigenvalue weighted by molar-refractivity contribution is 5.80. The molecule has 0 amide bonds. The second kappa shape index (κ2) is 5.15. The Hall–Kier alpha value is -2.76. The number of anilines is 1. The van der Waals surface area contributed by atoms with Gasteiger partial charge in [-0.15, -0.1) is 0 Å². The number of fused-ring (bicyclic) bond motifs is 1. The lowest BCUT2D eigenvalue weighted by molar-refractivity contribution is 1.02. The van der Waals surface area contributed by atoms with Gasteiger partial charge in [0.05, 0.1) is 22.5 Å². The van der Waals surface area contributed by atoms with Crippen LogP contribution in [-0.2, 0) is 0 Å². The minimum atomic E-state index is -0.286. The van der Waals surface area contributed by atoms with Crippen LogP contribution < -0.4 is 10.9 Å². The van der Waals surface area contributed by atoms with Crippen LogP contribution in [0, 0.1) is 6.92 Å². The van der Waals surface area contributed by atoms with Crippen molar-refractivity contribution in [2.24, 2.45) is 0 Å². The van der Waals surface area contributed by atoms with Crippen LogP contribution >= 0.6 is 0 Å². The minimum absolute atomic E-state index is 0.286. The van der Waals surface area contributed by atoms with Crippen molar-refractivity contribution in [3.05, 3.63) is 52.3 Å². The predicted molar refractivity (Wildman–Crippen MR) is 88.7 cm³/mol. The van der Waals surface area contributed by atoms with Crippen LogP contribution in [0.15, 0.2) is 35.5 Å². The van der Waals surface area contributed by atoms with Crippen LogP contribution in [0.1, 0.15) is 30.0 Å². The molecule has 0 aromatic carbocycles. The summed E-state index contributed by atoms with van der Waals surface area (Å²) in [5, 5.41) is 2.98. The van der Waals surface area contributed by atoms with Crippen molar-refractivity contribution in [2.45, 2.75) is 25.7 Å². The Kier molecular flexibility index (Phi) is 3.11. The summed E-state index contributed by atoms with van der Waals surface area (Å²) < 4.78 is 1.90. The van der Waals surface area contributed by atoms with Gasteiger partial charge in [-0.3, -0.25) is 19.2 Å². The summed E-state index contributed by atoms with van der Waals surface area (Å²) in [7, 11) is 1.76. The quantitative estimate of drug-likeness (QED) is 0.804. The van der Waals surface area contributed by atoms with E-state index in [0.29, 0.717) is 23.1 Å². The Morgan fingerprint density at radius 2 is 2.04 bits per heavy atom. The summed E-state index contributed by atoms with van der Waals surface area (Å²) in [5.41, 5.74) is 3.63. The van der Waals surface area contributed by atoms with E-state index in [2.05, 4.69) is 32.4 Å². The van der Waals surface area contributed by atoms with Gasteiger partial charge in [0.25, 0.3) is 5.56 Å². The summed E-state index contributed by atoms with van der Waals surface area (Å²) in [6.45, 7) is 1.86. The van der Waals surface area contributed by atoms with E-state index in [1.165, 1.54) is 18.4 Å². The molecule has 3 heterocycles. The Morgan fingerprint density at radius 3 is 2.74 bits per heavy atom. The summed E-state index contributed by atoms with van der Waals surface area (Å²) in [5.74, 6) is 1.13. The average Bonchev–Trinajstić information content (AvgIpc) is 3.40. The zero-order chi connectivity index (χ0) is 16.0. The maximum atomic E-state index is 12.6. The summed E-state index contributed by atoms with van der Waals surface area (Å²) >= 11 is 0. The van der Waals surface area contributed by atoms with Gasteiger partial charge in [0.1, 0.15) is 0 Å². The molecule has 116 valence electrons. The van der Waals surface area contributed by atoms with Gasteiger partial charge in [0, 0.05) is 25.6 Å². The van der Waals surface area contributed by atoms with E-state index in [9.17, 15) is 4.79 Å². The molecular formula is C17H17N5O. The molecule has 1 N–H and O–H groups in total. The van der Waals surface area contributed by atoms with Gasteiger partial charge < -0.3 is 5.32 Å². The van der Waals surface area contributed by atoms with Crippen molar-refractivity contribution < 1.29 is 0 Å². The number of rotatable bonds is 3. The second-order valence-electron chi connectivity index (χ2n) is 5.85. The van der Waals surface area contributed by atoms with Crippen LogP contribution in [0.25, 0.3) is 16.8 Å².